The van der Waals surface area contributed by atoms with Crippen molar-refractivity contribution in [1.82, 2.24) is 19.1 Å². The first kappa shape index (κ1) is 18.2. The molecule has 8 nitrogen and oxygen atoms in total. The molecule has 0 spiro atoms. The summed E-state index contributed by atoms with van der Waals surface area (Å²) in [5, 5.41) is 0.147. The Balaban J connectivity index is 2.79. The van der Waals surface area contributed by atoms with Gasteiger partial charge in [-0.05, 0) is 6.42 Å². The highest BCUT2D eigenvalue weighted by molar-refractivity contribution is 8.00. The van der Waals surface area contributed by atoms with Gasteiger partial charge in [0.1, 0.15) is 21.5 Å². The number of hydrogen-bond acceptors (Lipinski definition) is 7. The predicted molar refractivity (Wildman–Crippen MR) is 91.4 cm³/mol. The van der Waals surface area contributed by atoms with Crippen LogP contribution < -0.4 is 11.2 Å². The molecule has 0 aromatic carbocycles. The molecule has 0 bridgehead atoms. The monoisotopic (exact) mass is 352 g/mol. The van der Waals surface area contributed by atoms with Gasteiger partial charge in [-0.15, -0.1) is 0 Å². The Morgan fingerprint density at radius 3 is 2.42 bits per heavy atom. The van der Waals surface area contributed by atoms with Gasteiger partial charge in [-0.2, -0.15) is 0 Å². The van der Waals surface area contributed by atoms with Gasteiger partial charge in [0, 0.05) is 20.5 Å². The maximum absolute atomic E-state index is 12.6. The van der Waals surface area contributed by atoms with Crippen LogP contribution in [-0.2, 0) is 30.0 Å². The average Bonchev–Trinajstić information content (AvgIpc) is 2.60. The molecule has 0 amide bonds. The van der Waals surface area contributed by atoms with Crippen molar-refractivity contribution in [2.45, 2.75) is 37.0 Å². The van der Waals surface area contributed by atoms with E-state index >= 15 is 0 Å². The van der Waals surface area contributed by atoms with Gasteiger partial charge in [0.2, 0.25) is 0 Å². The van der Waals surface area contributed by atoms with Crippen LogP contribution >= 0.6 is 11.8 Å². The lowest BCUT2D eigenvalue weighted by molar-refractivity contribution is -0.140. The van der Waals surface area contributed by atoms with Crippen LogP contribution in [0.3, 0.4) is 0 Å². The summed E-state index contributed by atoms with van der Waals surface area (Å²) in [7, 11) is 4.29. The lowest BCUT2D eigenvalue weighted by Crippen LogP contribution is -2.38. The minimum absolute atomic E-state index is 0.240. The molecule has 0 saturated carbocycles. The second-order valence-electron chi connectivity index (χ2n) is 5.24. The first-order valence-electron chi connectivity index (χ1n) is 7.56. The average molecular weight is 352 g/mol. The van der Waals surface area contributed by atoms with Gasteiger partial charge in [0.05, 0.1) is 7.11 Å². The van der Waals surface area contributed by atoms with Gasteiger partial charge in [0.15, 0.2) is 5.65 Å². The Hall–Kier alpha value is -2.16. The van der Waals surface area contributed by atoms with E-state index < -0.39 is 16.5 Å². The first-order valence-corrected chi connectivity index (χ1v) is 8.44. The van der Waals surface area contributed by atoms with E-state index in [1.54, 1.807) is 7.05 Å². The summed E-state index contributed by atoms with van der Waals surface area (Å²) in [6.45, 7) is 3.74. The van der Waals surface area contributed by atoms with Crippen molar-refractivity contribution in [3.05, 3.63) is 26.7 Å². The van der Waals surface area contributed by atoms with Crippen molar-refractivity contribution in [1.29, 1.82) is 0 Å². The molecule has 0 aliphatic rings. The fraction of sp³-hybridized carbons (Fsp3) is 0.533. The SMILES string of the molecule is CCc1nc(S[C@H](CC)C(=O)OC)c2c(=O)n(C)c(=O)n(C)c2n1. The van der Waals surface area contributed by atoms with Crippen molar-refractivity contribution >= 4 is 28.8 Å². The van der Waals surface area contributed by atoms with E-state index in [2.05, 4.69) is 9.97 Å². The Morgan fingerprint density at radius 2 is 1.88 bits per heavy atom. The number of methoxy groups -OCH3 is 1. The second kappa shape index (κ2) is 7.16. The summed E-state index contributed by atoms with van der Waals surface area (Å²) in [5.41, 5.74) is -0.653. The number of ether oxygens (including phenoxy) is 1. The number of aromatic nitrogens is 4. The maximum atomic E-state index is 12.6. The molecule has 2 aromatic rings. The Kier molecular flexibility index (Phi) is 5.43. The fourth-order valence-corrected chi connectivity index (χ4v) is 3.36. The minimum Gasteiger partial charge on any atom is -0.468 e. The summed E-state index contributed by atoms with van der Waals surface area (Å²) in [6, 6.07) is 0. The number of rotatable bonds is 5. The number of carbonyl (C=O) groups is 1. The molecular weight excluding hydrogens is 332 g/mol. The number of hydrogen-bond donors (Lipinski definition) is 0. The van der Waals surface area contributed by atoms with E-state index in [-0.39, 0.29) is 17.0 Å². The van der Waals surface area contributed by atoms with Crippen LogP contribution in [0.25, 0.3) is 11.0 Å². The molecule has 9 heteroatoms. The van der Waals surface area contributed by atoms with Crippen molar-refractivity contribution in [3.63, 3.8) is 0 Å². The molecule has 0 saturated heterocycles. The van der Waals surface area contributed by atoms with Crippen LogP contribution in [-0.4, -0.2) is 37.4 Å². The van der Waals surface area contributed by atoms with Crippen LogP contribution in [0.2, 0.25) is 0 Å². The van der Waals surface area contributed by atoms with Crippen LogP contribution in [0.15, 0.2) is 14.6 Å². The molecule has 2 rings (SSSR count). The number of aryl methyl sites for hydroxylation is 2. The summed E-state index contributed by atoms with van der Waals surface area (Å²) in [6.07, 6.45) is 1.07. The summed E-state index contributed by atoms with van der Waals surface area (Å²) in [5.74, 6) is 0.127. The van der Waals surface area contributed by atoms with Crippen LogP contribution in [0.1, 0.15) is 26.1 Å². The van der Waals surface area contributed by atoms with E-state index in [9.17, 15) is 14.4 Å². The van der Waals surface area contributed by atoms with Crippen LogP contribution in [0.5, 0.6) is 0 Å². The van der Waals surface area contributed by atoms with Gasteiger partial charge < -0.3 is 4.74 Å². The molecule has 0 N–H and O–H groups in total. The van der Waals surface area contributed by atoms with Gasteiger partial charge >= 0.3 is 11.7 Å². The minimum atomic E-state index is -0.486. The van der Waals surface area contributed by atoms with Crippen molar-refractivity contribution in [2.75, 3.05) is 7.11 Å². The molecule has 2 heterocycles. The topological polar surface area (TPSA) is 96.1 Å². The zero-order chi connectivity index (χ0) is 18.0. The molecule has 2 aromatic heterocycles. The lowest BCUT2D eigenvalue weighted by atomic mass is 10.3. The summed E-state index contributed by atoms with van der Waals surface area (Å²) in [4.78, 5) is 45.3. The van der Waals surface area contributed by atoms with Crippen molar-refractivity contribution in [3.8, 4) is 0 Å². The molecule has 24 heavy (non-hydrogen) atoms. The molecule has 0 radical (unpaired) electrons. The molecule has 0 aliphatic heterocycles. The third kappa shape index (κ3) is 3.08. The largest absolute Gasteiger partial charge is 0.468 e. The van der Waals surface area contributed by atoms with E-state index in [1.165, 1.54) is 18.7 Å². The summed E-state index contributed by atoms with van der Waals surface area (Å²) < 4.78 is 7.13. The number of carbonyl (C=O) groups excluding carboxylic acids is 1. The number of esters is 1. The van der Waals surface area contributed by atoms with Crippen molar-refractivity contribution in [2.24, 2.45) is 14.1 Å². The Morgan fingerprint density at radius 1 is 1.21 bits per heavy atom. The van der Waals surface area contributed by atoms with E-state index in [0.717, 1.165) is 16.3 Å². The summed E-state index contributed by atoms with van der Waals surface area (Å²) >= 11 is 1.16. The Labute approximate surface area is 142 Å². The quantitative estimate of drug-likeness (QED) is 0.442. The van der Waals surface area contributed by atoms with E-state index in [1.807, 2.05) is 13.8 Å². The highest BCUT2D eigenvalue weighted by atomic mass is 32.2. The van der Waals surface area contributed by atoms with Crippen LogP contribution in [0, 0.1) is 0 Å². The standard InChI is InChI=1S/C15H20N4O4S/c1-6-8(14(21)23-5)24-12-10-11(16-9(7-2)17-12)18(3)15(22)19(4)13(10)20/h8H,6-7H2,1-5H3/t8-/m1/s1. The zero-order valence-electron chi connectivity index (χ0n) is 14.3. The molecule has 130 valence electrons. The lowest BCUT2D eigenvalue weighted by Gasteiger charge is -2.15. The van der Waals surface area contributed by atoms with Crippen LogP contribution in [0.4, 0.5) is 0 Å². The zero-order valence-corrected chi connectivity index (χ0v) is 15.1. The third-order valence-corrected chi connectivity index (χ3v) is 5.05. The molecule has 0 fully saturated rings. The molecule has 1 atom stereocenters. The van der Waals surface area contributed by atoms with E-state index in [0.29, 0.717) is 23.7 Å². The van der Waals surface area contributed by atoms with Crippen molar-refractivity contribution < 1.29 is 9.53 Å². The second-order valence-corrected chi connectivity index (χ2v) is 6.43. The van der Waals surface area contributed by atoms with E-state index in [4.69, 9.17) is 4.74 Å². The first-order chi connectivity index (χ1) is 11.3. The fourth-order valence-electron chi connectivity index (χ4n) is 2.28. The highest BCUT2D eigenvalue weighted by Crippen LogP contribution is 2.28. The number of nitrogens with zero attached hydrogens (tertiary/aromatic N) is 4. The van der Waals surface area contributed by atoms with Gasteiger partial charge in [-0.25, -0.2) is 14.8 Å². The van der Waals surface area contributed by atoms with Gasteiger partial charge in [-0.3, -0.25) is 18.7 Å². The molecule has 0 aliphatic carbocycles. The number of fused-ring (bicyclic) bond motifs is 1. The highest BCUT2D eigenvalue weighted by Gasteiger charge is 2.24. The van der Waals surface area contributed by atoms with Gasteiger partial charge in [-0.1, -0.05) is 25.6 Å². The molecular formula is C15H20N4O4S. The smallest absolute Gasteiger partial charge is 0.332 e. The molecule has 0 unspecified atom stereocenters. The predicted octanol–water partition coefficient (Wildman–Crippen LogP) is 0.633. The Bertz CT molecular complexity index is 903. The third-order valence-electron chi connectivity index (χ3n) is 3.72. The number of thioether (sulfide) groups is 1. The normalized spacial score (nSPS) is 12.4. The van der Waals surface area contributed by atoms with Gasteiger partial charge in [0.25, 0.3) is 5.56 Å². The maximum Gasteiger partial charge on any atom is 0.332 e.